The molecule has 5 rings (SSSR count). The predicted octanol–water partition coefficient (Wildman–Crippen LogP) is 4.01. The van der Waals surface area contributed by atoms with Crippen molar-refractivity contribution in [2.24, 2.45) is 0 Å². The lowest BCUT2D eigenvalue weighted by molar-refractivity contribution is -0.132. The van der Waals surface area contributed by atoms with Crippen LogP contribution in [-0.4, -0.2) is 27.4 Å². The van der Waals surface area contributed by atoms with Gasteiger partial charge in [-0.05, 0) is 43.0 Å². The van der Waals surface area contributed by atoms with Crippen molar-refractivity contribution in [3.63, 3.8) is 0 Å². The number of hydrogen-bond acceptors (Lipinski definition) is 5. The summed E-state index contributed by atoms with van der Waals surface area (Å²) >= 11 is 1.47. The Kier molecular flexibility index (Phi) is 4.98. The number of fused-ring (bicyclic) bond motifs is 1. The maximum atomic E-state index is 13.2. The fourth-order valence-electron chi connectivity index (χ4n) is 4.27. The van der Waals surface area contributed by atoms with Crippen LogP contribution in [0.15, 0.2) is 53.9 Å². The zero-order valence-electron chi connectivity index (χ0n) is 17.3. The molecular weight excluding hydrogens is 410 g/mol. The second-order valence-electron chi connectivity index (χ2n) is 8.18. The number of nitrogens with one attached hydrogen (secondary N) is 1. The van der Waals surface area contributed by atoms with E-state index >= 15 is 0 Å². The van der Waals surface area contributed by atoms with Crippen molar-refractivity contribution >= 4 is 23.3 Å². The molecule has 0 bridgehead atoms. The summed E-state index contributed by atoms with van der Waals surface area (Å²) in [6.45, 7) is 2.56. The Morgan fingerprint density at radius 2 is 1.90 bits per heavy atom. The number of ether oxygens (including phenoxy) is 1. The SMILES string of the molecule is Cc1ccc(OCc2nc(CN3C(=O)NC4(CCc5ccccc5C4)C3=O)cs2)cc1. The van der Waals surface area contributed by atoms with Crippen molar-refractivity contribution in [3.05, 3.63) is 81.3 Å². The largest absolute Gasteiger partial charge is 0.486 e. The fourth-order valence-corrected chi connectivity index (χ4v) is 4.97. The van der Waals surface area contributed by atoms with Crippen molar-refractivity contribution < 1.29 is 14.3 Å². The minimum Gasteiger partial charge on any atom is -0.486 e. The minimum atomic E-state index is -0.834. The first-order valence-corrected chi connectivity index (χ1v) is 11.2. The summed E-state index contributed by atoms with van der Waals surface area (Å²) in [4.78, 5) is 31.8. The highest BCUT2D eigenvalue weighted by molar-refractivity contribution is 7.09. The van der Waals surface area contributed by atoms with Gasteiger partial charge in [0.05, 0.1) is 12.2 Å². The number of rotatable bonds is 5. The summed E-state index contributed by atoms with van der Waals surface area (Å²) in [5, 5.41) is 5.67. The van der Waals surface area contributed by atoms with Gasteiger partial charge < -0.3 is 10.1 Å². The van der Waals surface area contributed by atoms with Gasteiger partial charge in [-0.1, -0.05) is 42.0 Å². The molecule has 0 saturated carbocycles. The Hall–Kier alpha value is -3.19. The van der Waals surface area contributed by atoms with Crippen molar-refractivity contribution in [1.29, 1.82) is 0 Å². The quantitative estimate of drug-likeness (QED) is 0.617. The van der Waals surface area contributed by atoms with Crippen LogP contribution in [0, 0.1) is 6.92 Å². The molecule has 1 saturated heterocycles. The average Bonchev–Trinajstić information content (AvgIpc) is 3.32. The second-order valence-corrected chi connectivity index (χ2v) is 9.13. The number of imide groups is 1. The first-order chi connectivity index (χ1) is 15.0. The van der Waals surface area contributed by atoms with Crippen LogP contribution in [0.2, 0.25) is 0 Å². The van der Waals surface area contributed by atoms with Crippen molar-refractivity contribution in [2.45, 2.75) is 44.9 Å². The van der Waals surface area contributed by atoms with Gasteiger partial charge in [0.1, 0.15) is 22.9 Å². The van der Waals surface area contributed by atoms with Gasteiger partial charge in [0.2, 0.25) is 0 Å². The van der Waals surface area contributed by atoms with Crippen LogP contribution >= 0.6 is 11.3 Å². The normalized spacial score (nSPS) is 20.1. The summed E-state index contributed by atoms with van der Waals surface area (Å²) < 4.78 is 5.78. The standard InChI is InChI=1S/C24H23N3O3S/c1-16-6-8-20(9-7-16)30-14-21-25-19(15-31-21)13-27-22(28)24(26-23(27)29)11-10-17-4-2-3-5-18(17)12-24/h2-9,15H,10-14H2,1H3,(H,26,29). The van der Waals surface area contributed by atoms with Gasteiger partial charge in [-0.3, -0.25) is 9.69 Å². The van der Waals surface area contributed by atoms with E-state index in [-0.39, 0.29) is 18.5 Å². The van der Waals surface area contributed by atoms with Crippen LogP contribution < -0.4 is 10.1 Å². The number of aromatic nitrogens is 1. The van der Waals surface area contributed by atoms with E-state index in [0.29, 0.717) is 25.1 Å². The Balaban J connectivity index is 1.25. The smallest absolute Gasteiger partial charge is 0.325 e. The van der Waals surface area contributed by atoms with Crippen LogP contribution in [-0.2, 0) is 30.8 Å². The lowest BCUT2D eigenvalue weighted by Gasteiger charge is -2.32. The number of aryl methyl sites for hydroxylation is 2. The summed E-state index contributed by atoms with van der Waals surface area (Å²) in [5.41, 5.74) is 3.43. The first-order valence-electron chi connectivity index (χ1n) is 10.4. The number of carbonyl (C=O) groups is 2. The third kappa shape index (κ3) is 3.81. The van der Waals surface area contributed by atoms with E-state index in [4.69, 9.17) is 4.74 Å². The Labute approximate surface area is 184 Å². The zero-order valence-corrected chi connectivity index (χ0v) is 18.1. The second kappa shape index (κ2) is 7.81. The molecule has 1 N–H and O–H groups in total. The highest BCUT2D eigenvalue weighted by atomic mass is 32.1. The van der Waals surface area contributed by atoms with Gasteiger partial charge in [-0.2, -0.15) is 0 Å². The Morgan fingerprint density at radius 1 is 1.13 bits per heavy atom. The topological polar surface area (TPSA) is 71.5 Å². The van der Waals surface area contributed by atoms with Gasteiger partial charge in [0, 0.05) is 11.8 Å². The molecule has 1 aliphatic heterocycles. The van der Waals surface area contributed by atoms with E-state index in [1.807, 2.05) is 54.8 Å². The molecule has 31 heavy (non-hydrogen) atoms. The van der Waals surface area contributed by atoms with Gasteiger partial charge in [0.25, 0.3) is 5.91 Å². The monoisotopic (exact) mass is 433 g/mol. The van der Waals surface area contributed by atoms with E-state index in [0.717, 1.165) is 22.7 Å². The van der Waals surface area contributed by atoms with Crippen LogP contribution in [0.1, 0.15) is 33.8 Å². The molecule has 2 heterocycles. The van der Waals surface area contributed by atoms with E-state index in [9.17, 15) is 9.59 Å². The van der Waals surface area contributed by atoms with Gasteiger partial charge in [0.15, 0.2) is 0 Å². The number of thiazole rings is 1. The maximum Gasteiger partial charge on any atom is 0.325 e. The number of carbonyl (C=O) groups excluding carboxylic acids is 2. The molecule has 1 atom stereocenters. The summed E-state index contributed by atoms with van der Waals surface area (Å²) in [6.07, 6.45) is 1.95. The summed E-state index contributed by atoms with van der Waals surface area (Å²) in [7, 11) is 0. The molecule has 1 aliphatic carbocycles. The van der Waals surface area contributed by atoms with Gasteiger partial charge in [-0.25, -0.2) is 9.78 Å². The molecule has 3 amide bonds. The van der Waals surface area contributed by atoms with E-state index in [1.54, 1.807) is 0 Å². The number of urea groups is 1. The van der Waals surface area contributed by atoms with Crippen LogP contribution in [0.4, 0.5) is 4.79 Å². The number of nitrogens with zero attached hydrogens (tertiary/aromatic N) is 2. The minimum absolute atomic E-state index is 0.155. The van der Waals surface area contributed by atoms with Crippen molar-refractivity contribution in [3.8, 4) is 5.75 Å². The summed E-state index contributed by atoms with van der Waals surface area (Å²) in [5.74, 6) is 0.633. The molecule has 158 valence electrons. The zero-order chi connectivity index (χ0) is 21.4. The molecule has 0 radical (unpaired) electrons. The molecule has 1 spiro atoms. The fraction of sp³-hybridized carbons (Fsp3) is 0.292. The lowest BCUT2D eigenvalue weighted by Crippen LogP contribution is -2.51. The molecular formula is C24H23N3O3S. The van der Waals surface area contributed by atoms with E-state index in [1.165, 1.54) is 27.4 Å². The van der Waals surface area contributed by atoms with Gasteiger partial charge in [-0.15, -0.1) is 11.3 Å². The molecule has 2 aliphatic rings. The summed E-state index contributed by atoms with van der Waals surface area (Å²) in [6, 6.07) is 15.6. The predicted molar refractivity (Wildman–Crippen MR) is 118 cm³/mol. The molecule has 3 aromatic rings. The maximum absolute atomic E-state index is 13.2. The van der Waals surface area contributed by atoms with Crippen molar-refractivity contribution in [1.82, 2.24) is 15.2 Å². The highest BCUT2D eigenvalue weighted by Gasteiger charge is 2.52. The highest BCUT2D eigenvalue weighted by Crippen LogP contribution is 2.34. The third-order valence-corrected chi connectivity index (χ3v) is 6.85. The molecule has 1 unspecified atom stereocenters. The third-order valence-electron chi connectivity index (χ3n) is 5.98. The molecule has 2 aromatic carbocycles. The van der Waals surface area contributed by atoms with E-state index in [2.05, 4.69) is 16.4 Å². The van der Waals surface area contributed by atoms with Crippen LogP contribution in [0.25, 0.3) is 0 Å². The Bertz CT molecular complexity index is 1140. The molecule has 6 nitrogen and oxygen atoms in total. The molecule has 7 heteroatoms. The average molecular weight is 434 g/mol. The Morgan fingerprint density at radius 3 is 2.71 bits per heavy atom. The number of benzene rings is 2. The van der Waals surface area contributed by atoms with Gasteiger partial charge >= 0.3 is 6.03 Å². The van der Waals surface area contributed by atoms with E-state index < -0.39 is 5.54 Å². The first kappa shape index (κ1) is 19.8. The van der Waals surface area contributed by atoms with Crippen molar-refractivity contribution in [2.75, 3.05) is 0 Å². The molecule has 1 aromatic heterocycles. The lowest BCUT2D eigenvalue weighted by atomic mass is 9.78. The molecule has 1 fully saturated rings. The number of hydrogen-bond donors (Lipinski definition) is 1. The van der Waals surface area contributed by atoms with Crippen LogP contribution in [0.5, 0.6) is 5.75 Å². The van der Waals surface area contributed by atoms with Crippen LogP contribution in [0.3, 0.4) is 0 Å². The number of amides is 3.